The molecule has 1 aliphatic heterocycles. The summed E-state index contributed by atoms with van der Waals surface area (Å²) in [5.41, 5.74) is 1.65. The SMILES string of the molecule is O=C1CCCc2c1cc1cc3c(cc1[n+]2[O-])OCO3. The molecule has 2 aliphatic rings. The molecule has 0 saturated heterocycles. The van der Waals surface area contributed by atoms with E-state index in [1.807, 2.05) is 0 Å². The van der Waals surface area contributed by atoms with Gasteiger partial charge in [0, 0.05) is 12.8 Å². The summed E-state index contributed by atoms with van der Waals surface area (Å²) < 4.78 is 11.4. The number of ether oxygens (including phenoxy) is 2. The molecule has 0 N–H and O–H groups in total. The largest absolute Gasteiger partial charge is 0.618 e. The molecule has 0 spiro atoms. The van der Waals surface area contributed by atoms with E-state index in [4.69, 9.17) is 9.47 Å². The maximum atomic E-state index is 12.4. The average molecular weight is 257 g/mol. The molecule has 1 aromatic carbocycles. The second-order valence-electron chi connectivity index (χ2n) is 4.84. The molecule has 2 aromatic rings. The number of aromatic nitrogens is 1. The van der Waals surface area contributed by atoms with Crippen LogP contribution in [-0.2, 0) is 6.42 Å². The molecular formula is C14H11NO4. The number of carbonyl (C=O) groups is 1. The third-order valence-electron chi connectivity index (χ3n) is 3.71. The number of carbonyl (C=O) groups excluding carboxylic acids is 1. The first-order valence-electron chi connectivity index (χ1n) is 6.26. The minimum atomic E-state index is 0.0467. The lowest BCUT2D eigenvalue weighted by Crippen LogP contribution is -2.36. The molecule has 0 fully saturated rings. The first-order chi connectivity index (χ1) is 9.24. The van der Waals surface area contributed by atoms with E-state index in [1.165, 1.54) is 0 Å². The monoisotopic (exact) mass is 257 g/mol. The Balaban J connectivity index is 2.06. The second-order valence-corrected chi connectivity index (χ2v) is 4.84. The quantitative estimate of drug-likeness (QED) is 0.532. The predicted octanol–water partition coefficient (Wildman–Crippen LogP) is 1.72. The van der Waals surface area contributed by atoms with Gasteiger partial charge in [0.05, 0.1) is 17.0 Å². The Morgan fingerprint density at radius 1 is 1.11 bits per heavy atom. The number of hydrogen-bond donors (Lipinski definition) is 0. The van der Waals surface area contributed by atoms with Crippen molar-refractivity contribution < 1.29 is 19.0 Å². The van der Waals surface area contributed by atoms with Crippen LogP contribution in [0.4, 0.5) is 0 Å². The van der Waals surface area contributed by atoms with Gasteiger partial charge >= 0.3 is 0 Å². The van der Waals surface area contributed by atoms with Crippen molar-refractivity contribution in [2.75, 3.05) is 6.79 Å². The van der Waals surface area contributed by atoms with Crippen molar-refractivity contribution in [1.82, 2.24) is 0 Å². The number of Topliss-reactive ketones (excluding diaryl/α,β-unsaturated/α-hetero) is 1. The smallest absolute Gasteiger partial charge is 0.231 e. The van der Waals surface area contributed by atoms with Crippen LogP contribution in [0.25, 0.3) is 10.9 Å². The molecule has 1 aliphatic carbocycles. The van der Waals surface area contributed by atoms with Gasteiger partial charge in [-0.05, 0) is 18.6 Å². The molecule has 0 atom stereocenters. The standard InChI is InChI=1S/C14H11NO4/c16-12-3-1-2-10-9(12)4-8-5-13-14(19-7-18-13)6-11(8)15(10)17/h4-6H,1-3,7H2. The molecule has 2 heterocycles. The van der Waals surface area contributed by atoms with Crippen molar-refractivity contribution in [3.8, 4) is 11.5 Å². The van der Waals surface area contributed by atoms with Gasteiger partial charge in [-0.2, -0.15) is 4.73 Å². The molecule has 0 radical (unpaired) electrons. The summed E-state index contributed by atoms with van der Waals surface area (Å²) in [6.07, 6.45) is 1.90. The van der Waals surface area contributed by atoms with Crippen LogP contribution in [0.5, 0.6) is 11.5 Å². The maximum absolute atomic E-state index is 12.4. The molecule has 19 heavy (non-hydrogen) atoms. The lowest BCUT2D eigenvalue weighted by Gasteiger charge is -2.15. The van der Waals surface area contributed by atoms with Crippen molar-refractivity contribution in [3.05, 3.63) is 34.7 Å². The molecule has 0 saturated carbocycles. The summed E-state index contributed by atoms with van der Waals surface area (Å²) in [7, 11) is 0. The summed E-state index contributed by atoms with van der Waals surface area (Å²) in [5.74, 6) is 1.25. The lowest BCUT2D eigenvalue weighted by molar-refractivity contribution is -0.586. The van der Waals surface area contributed by atoms with E-state index < -0.39 is 0 Å². The highest BCUT2D eigenvalue weighted by Crippen LogP contribution is 2.36. The Labute approximate surface area is 108 Å². The Bertz CT molecular complexity index is 723. The molecule has 0 amide bonds. The molecule has 4 rings (SSSR count). The Kier molecular flexibility index (Phi) is 2.01. The highest BCUT2D eigenvalue weighted by molar-refractivity contribution is 6.00. The van der Waals surface area contributed by atoms with Crippen molar-refractivity contribution >= 4 is 16.7 Å². The number of ketones is 1. The van der Waals surface area contributed by atoms with Crippen molar-refractivity contribution in [2.45, 2.75) is 19.3 Å². The fourth-order valence-corrected chi connectivity index (χ4v) is 2.76. The van der Waals surface area contributed by atoms with Gasteiger partial charge in [-0.25, -0.2) is 0 Å². The normalized spacial score (nSPS) is 16.7. The topological polar surface area (TPSA) is 62.5 Å². The fraction of sp³-hybridized carbons (Fsp3) is 0.286. The summed E-state index contributed by atoms with van der Waals surface area (Å²) in [6, 6.07) is 5.24. The summed E-state index contributed by atoms with van der Waals surface area (Å²) in [6.45, 7) is 0.170. The third-order valence-corrected chi connectivity index (χ3v) is 3.71. The summed E-state index contributed by atoms with van der Waals surface area (Å²) in [4.78, 5) is 11.9. The van der Waals surface area contributed by atoms with Crippen LogP contribution in [0.1, 0.15) is 28.9 Å². The summed E-state index contributed by atoms with van der Waals surface area (Å²) >= 11 is 0. The van der Waals surface area contributed by atoms with Gasteiger partial charge in [0.25, 0.3) is 0 Å². The maximum Gasteiger partial charge on any atom is 0.231 e. The zero-order chi connectivity index (χ0) is 13.0. The van der Waals surface area contributed by atoms with Crippen LogP contribution in [0, 0.1) is 5.21 Å². The van der Waals surface area contributed by atoms with Crippen LogP contribution < -0.4 is 14.2 Å². The number of hydrogen-bond acceptors (Lipinski definition) is 4. The van der Waals surface area contributed by atoms with Gasteiger partial charge in [-0.15, -0.1) is 0 Å². The van der Waals surface area contributed by atoms with Crippen LogP contribution in [0.3, 0.4) is 0 Å². The van der Waals surface area contributed by atoms with E-state index >= 15 is 0 Å². The first-order valence-corrected chi connectivity index (χ1v) is 6.26. The van der Waals surface area contributed by atoms with Gasteiger partial charge in [0.2, 0.25) is 18.0 Å². The minimum absolute atomic E-state index is 0.0467. The van der Waals surface area contributed by atoms with Gasteiger partial charge < -0.3 is 14.7 Å². The van der Waals surface area contributed by atoms with E-state index in [2.05, 4.69) is 0 Å². The van der Waals surface area contributed by atoms with Gasteiger partial charge in [-0.3, -0.25) is 4.79 Å². The number of benzene rings is 1. The molecule has 96 valence electrons. The van der Waals surface area contributed by atoms with Crippen molar-refractivity contribution in [2.24, 2.45) is 0 Å². The average Bonchev–Trinajstić information content (AvgIpc) is 2.86. The Hall–Kier alpha value is -2.30. The zero-order valence-corrected chi connectivity index (χ0v) is 10.1. The van der Waals surface area contributed by atoms with E-state index in [0.717, 1.165) is 11.2 Å². The molecule has 5 nitrogen and oxygen atoms in total. The minimum Gasteiger partial charge on any atom is -0.618 e. The van der Waals surface area contributed by atoms with Gasteiger partial charge in [0.1, 0.15) is 0 Å². The highest BCUT2D eigenvalue weighted by Gasteiger charge is 2.27. The molecule has 0 bridgehead atoms. The summed E-state index contributed by atoms with van der Waals surface area (Å²) in [5, 5.41) is 13.1. The van der Waals surface area contributed by atoms with E-state index in [9.17, 15) is 10.0 Å². The van der Waals surface area contributed by atoms with Crippen LogP contribution in [-0.4, -0.2) is 12.6 Å². The molecule has 5 heteroatoms. The van der Waals surface area contributed by atoms with Crippen LogP contribution in [0.2, 0.25) is 0 Å². The fourth-order valence-electron chi connectivity index (χ4n) is 2.76. The lowest BCUT2D eigenvalue weighted by atomic mass is 9.93. The zero-order valence-electron chi connectivity index (χ0n) is 10.1. The Morgan fingerprint density at radius 3 is 2.74 bits per heavy atom. The van der Waals surface area contributed by atoms with Crippen molar-refractivity contribution in [1.29, 1.82) is 0 Å². The Morgan fingerprint density at radius 2 is 1.89 bits per heavy atom. The van der Waals surface area contributed by atoms with Crippen molar-refractivity contribution in [3.63, 3.8) is 0 Å². The highest BCUT2D eigenvalue weighted by atomic mass is 16.7. The van der Waals surface area contributed by atoms with Crippen LogP contribution >= 0.6 is 0 Å². The van der Waals surface area contributed by atoms with Gasteiger partial charge in [0.15, 0.2) is 17.3 Å². The second kappa shape index (κ2) is 3.60. The third kappa shape index (κ3) is 1.41. The molecule has 1 aromatic heterocycles. The molecular weight excluding hydrogens is 246 g/mol. The van der Waals surface area contributed by atoms with Gasteiger partial charge in [-0.1, -0.05) is 0 Å². The predicted molar refractivity (Wildman–Crippen MR) is 66.3 cm³/mol. The number of nitrogens with zero attached hydrogens (tertiary/aromatic N) is 1. The van der Waals surface area contributed by atoms with Crippen LogP contribution in [0.15, 0.2) is 18.2 Å². The number of pyridine rings is 1. The van der Waals surface area contributed by atoms with E-state index in [0.29, 0.717) is 46.5 Å². The number of rotatable bonds is 0. The van der Waals surface area contributed by atoms with E-state index in [1.54, 1.807) is 18.2 Å². The molecule has 0 unspecified atom stereocenters. The van der Waals surface area contributed by atoms with E-state index in [-0.39, 0.29) is 12.6 Å². The number of fused-ring (bicyclic) bond motifs is 3. The first kappa shape index (κ1) is 10.6.